The monoisotopic (exact) mass is 266 g/mol. The second-order valence-electron chi connectivity index (χ2n) is 4.33. The van der Waals surface area contributed by atoms with E-state index in [2.05, 4.69) is 10.7 Å². The molecule has 0 unspecified atom stereocenters. The Kier molecular flexibility index (Phi) is 4.61. The molecule has 102 valence electrons. The zero-order valence-electron chi connectivity index (χ0n) is 9.76. The summed E-state index contributed by atoms with van der Waals surface area (Å²) in [6.07, 6.45) is -12.1. The van der Waals surface area contributed by atoms with Gasteiger partial charge in [0.15, 0.2) is 5.71 Å². The molecule has 0 atom stereocenters. The van der Waals surface area contributed by atoms with E-state index in [1.54, 1.807) is 13.8 Å². The average Bonchev–Trinajstić information content (AvgIpc) is 1.97. The Morgan fingerprint density at radius 1 is 1.06 bits per heavy atom. The van der Waals surface area contributed by atoms with Crippen molar-refractivity contribution >= 4 is 5.71 Å². The van der Waals surface area contributed by atoms with Crippen LogP contribution in [0.25, 0.3) is 0 Å². The molecule has 0 spiro atoms. The quantitative estimate of drug-likeness (QED) is 0.549. The highest BCUT2D eigenvalue weighted by molar-refractivity contribution is 5.77. The lowest BCUT2D eigenvalue weighted by atomic mass is 9.92. The van der Waals surface area contributed by atoms with Crippen LogP contribution >= 0.6 is 0 Å². The van der Waals surface area contributed by atoms with Crippen LogP contribution in [0.3, 0.4) is 0 Å². The zero-order valence-corrected chi connectivity index (χ0v) is 9.76. The lowest BCUT2D eigenvalue weighted by Gasteiger charge is -2.28. The van der Waals surface area contributed by atoms with Gasteiger partial charge < -0.3 is 5.73 Å². The van der Waals surface area contributed by atoms with Crippen LogP contribution in [0.5, 0.6) is 0 Å². The molecule has 0 heterocycles. The van der Waals surface area contributed by atoms with Crippen molar-refractivity contribution in [2.45, 2.75) is 51.1 Å². The third-order valence-electron chi connectivity index (χ3n) is 2.19. The summed E-state index contributed by atoms with van der Waals surface area (Å²) in [7, 11) is 0. The molecule has 4 N–H and O–H groups in total. The fourth-order valence-corrected chi connectivity index (χ4v) is 1.36. The van der Waals surface area contributed by atoms with Crippen molar-refractivity contribution in [3.05, 3.63) is 0 Å². The summed E-state index contributed by atoms with van der Waals surface area (Å²) >= 11 is 0. The summed E-state index contributed by atoms with van der Waals surface area (Å²) in [5.74, 6) is 0. The third kappa shape index (κ3) is 3.86. The number of rotatable bonds is 3. The maximum atomic E-state index is 12.5. The molecule has 0 aliphatic carbocycles. The lowest BCUT2D eigenvalue weighted by molar-refractivity contribution is -0.593. The first-order valence-electron chi connectivity index (χ1n) is 4.89. The van der Waals surface area contributed by atoms with E-state index in [9.17, 15) is 26.3 Å². The Hall–Kier alpha value is -0.790. The summed E-state index contributed by atoms with van der Waals surface area (Å²) < 4.78 is 74.8. The minimum atomic E-state index is -5.44. The lowest BCUT2D eigenvalue weighted by Crippen LogP contribution is -2.88. The van der Waals surface area contributed by atoms with Crippen molar-refractivity contribution in [1.29, 1.82) is 0 Å². The Morgan fingerprint density at radius 3 is 1.65 bits per heavy atom. The van der Waals surface area contributed by atoms with E-state index in [1.165, 1.54) is 6.92 Å². The van der Waals surface area contributed by atoms with Crippen molar-refractivity contribution in [3.63, 3.8) is 0 Å². The summed E-state index contributed by atoms with van der Waals surface area (Å²) in [4.78, 5) is 2.52. The van der Waals surface area contributed by atoms with Crippen molar-refractivity contribution in [2.75, 3.05) is 0 Å². The standard InChI is InChI=1S/C9H14F6N2/c1-5(2)17-6(3)4-7(16,8(10,11)12)9(13,14)15/h5H,4,16H2,1-3H3/p+2. The van der Waals surface area contributed by atoms with Gasteiger partial charge in [-0.05, 0) is 13.8 Å². The fourth-order valence-electron chi connectivity index (χ4n) is 1.36. The number of quaternary nitrogens is 1. The SMILES string of the molecule is CC(CC([NH3+])(C(F)(F)F)C(F)(F)F)=[NH+]C(C)C. The van der Waals surface area contributed by atoms with E-state index in [1.807, 2.05) is 0 Å². The summed E-state index contributed by atoms with van der Waals surface area (Å²) in [5.41, 5.74) is -1.71. The van der Waals surface area contributed by atoms with Gasteiger partial charge >= 0.3 is 12.4 Å². The van der Waals surface area contributed by atoms with Crippen molar-refractivity contribution in [2.24, 2.45) is 0 Å². The van der Waals surface area contributed by atoms with Gasteiger partial charge in [-0.15, -0.1) is 0 Å². The highest BCUT2D eigenvalue weighted by atomic mass is 19.4. The summed E-state index contributed by atoms with van der Waals surface area (Å²) in [6, 6.07) is -0.235. The summed E-state index contributed by atoms with van der Waals surface area (Å²) in [6.45, 7) is 4.43. The molecular weight excluding hydrogens is 250 g/mol. The second-order valence-corrected chi connectivity index (χ2v) is 4.33. The van der Waals surface area contributed by atoms with Crippen LogP contribution in [-0.4, -0.2) is 29.6 Å². The molecule has 0 aromatic heterocycles. The van der Waals surface area contributed by atoms with E-state index in [-0.39, 0.29) is 11.8 Å². The van der Waals surface area contributed by atoms with Gasteiger partial charge in [0, 0.05) is 6.92 Å². The topological polar surface area (TPSA) is 41.6 Å². The maximum absolute atomic E-state index is 12.5. The molecule has 2 nitrogen and oxygen atoms in total. The Morgan fingerprint density at radius 2 is 1.41 bits per heavy atom. The molecule has 0 saturated carbocycles. The van der Waals surface area contributed by atoms with Crippen LogP contribution in [-0.2, 0) is 0 Å². The largest absolute Gasteiger partial charge is 0.454 e. The summed E-state index contributed by atoms with van der Waals surface area (Å²) in [5, 5.41) is 0. The number of halogens is 6. The predicted octanol–water partition coefficient (Wildman–Crippen LogP) is 0.432. The molecular formula is C9H16F6N2+2. The average molecular weight is 266 g/mol. The van der Waals surface area contributed by atoms with Crippen molar-refractivity contribution < 1.29 is 37.1 Å². The molecule has 0 fully saturated rings. The fraction of sp³-hybridized carbons (Fsp3) is 0.889. The smallest absolute Gasteiger partial charge is 0.337 e. The van der Waals surface area contributed by atoms with Gasteiger partial charge in [0.1, 0.15) is 12.5 Å². The van der Waals surface area contributed by atoms with Gasteiger partial charge in [-0.2, -0.15) is 26.3 Å². The Labute approximate surface area is 94.9 Å². The molecule has 0 aliphatic heterocycles. The first kappa shape index (κ1) is 16.2. The molecule has 0 bridgehead atoms. The maximum Gasteiger partial charge on any atom is 0.454 e. The molecule has 8 heteroatoms. The minimum Gasteiger partial charge on any atom is -0.337 e. The number of nitrogens with one attached hydrogen (secondary N) is 1. The highest BCUT2D eigenvalue weighted by Crippen LogP contribution is 2.41. The highest BCUT2D eigenvalue weighted by Gasteiger charge is 2.73. The number of hydrogen-bond acceptors (Lipinski definition) is 0. The Balaban J connectivity index is 5.27. The van der Waals surface area contributed by atoms with E-state index < -0.39 is 24.3 Å². The second kappa shape index (κ2) is 4.83. The molecule has 0 aromatic rings. The molecule has 0 aliphatic rings. The predicted molar refractivity (Wildman–Crippen MR) is 49.1 cm³/mol. The molecule has 0 aromatic carbocycles. The molecule has 0 radical (unpaired) electrons. The van der Waals surface area contributed by atoms with Crippen LogP contribution < -0.4 is 10.7 Å². The zero-order chi connectivity index (χ0) is 14.1. The van der Waals surface area contributed by atoms with E-state index in [0.29, 0.717) is 0 Å². The minimum absolute atomic E-state index is 0.0929. The first-order chi connectivity index (χ1) is 7.31. The Bertz CT molecular complexity index is 275. The van der Waals surface area contributed by atoms with Crippen LogP contribution in [0, 0.1) is 0 Å². The molecule has 0 rings (SSSR count). The van der Waals surface area contributed by atoms with Gasteiger partial charge in [0.2, 0.25) is 0 Å². The van der Waals surface area contributed by atoms with Crippen LogP contribution in [0.15, 0.2) is 0 Å². The molecule has 17 heavy (non-hydrogen) atoms. The first-order valence-corrected chi connectivity index (χ1v) is 4.89. The van der Waals surface area contributed by atoms with Gasteiger partial charge in [-0.3, -0.25) is 0 Å². The van der Waals surface area contributed by atoms with Gasteiger partial charge in [-0.25, -0.2) is 4.99 Å². The molecule has 0 saturated heterocycles. The number of hydrogen-bond donors (Lipinski definition) is 2. The van der Waals surface area contributed by atoms with Gasteiger partial charge in [-0.1, -0.05) is 0 Å². The number of alkyl halides is 6. The third-order valence-corrected chi connectivity index (χ3v) is 2.19. The van der Waals surface area contributed by atoms with E-state index >= 15 is 0 Å². The van der Waals surface area contributed by atoms with Crippen LogP contribution in [0.4, 0.5) is 26.3 Å². The van der Waals surface area contributed by atoms with Crippen LogP contribution in [0.2, 0.25) is 0 Å². The normalized spacial score (nSPS) is 15.6. The van der Waals surface area contributed by atoms with Crippen LogP contribution in [0.1, 0.15) is 27.2 Å². The van der Waals surface area contributed by atoms with E-state index in [0.717, 1.165) is 0 Å². The van der Waals surface area contributed by atoms with Gasteiger partial charge in [0.05, 0.1) is 0 Å². The van der Waals surface area contributed by atoms with Gasteiger partial charge in [0.25, 0.3) is 5.54 Å². The molecule has 0 amide bonds. The van der Waals surface area contributed by atoms with Crippen molar-refractivity contribution in [3.8, 4) is 0 Å². The van der Waals surface area contributed by atoms with Crippen molar-refractivity contribution in [1.82, 2.24) is 0 Å². The van der Waals surface area contributed by atoms with E-state index in [4.69, 9.17) is 0 Å².